The number of aliphatic hydroxyl groups excluding tert-OH is 1. The molecule has 7 nitrogen and oxygen atoms in total. The molecule has 154 valence electrons. The summed E-state index contributed by atoms with van der Waals surface area (Å²) in [7, 11) is -4.10. The van der Waals surface area contributed by atoms with Gasteiger partial charge in [-0.3, -0.25) is 0 Å². The molecule has 0 aromatic heterocycles. The SMILES string of the molecule is N#Cc1ccc(Oc2cc(Cl)cc(Cl)c2)c(S(=O)(=O)N[C@@H]2CC(O)CC[C@@H]2N)c1. The van der Waals surface area contributed by atoms with E-state index < -0.39 is 28.2 Å². The Labute approximate surface area is 179 Å². The Morgan fingerprint density at radius 1 is 1.17 bits per heavy atom. The predicted molar refractivity (Wildman–Crippen MR) is 110 cm³/mol. The highest BCUT2D eigenvalue weighted by Gasteiger charge is 2.32. The van der Waals surface area contributed by atoms with Crippen LogP contribution in [0.4, 0.5) is 0 Å². The van der Waals surface area contributed by atoms with Gasteiger partial charge in [-0.25, -0.2) is 13.1 Å². The number of sulfonamides is 1. The van der Waals surface area contributed by atoms with E-state index in [0.29, 0.717) is 22.9 Å². The fraction of sp³-hybridized carbons (Fsp3) is 0.316. The Kier molecular flexibility index (Phi) is 6.69. The van der Waals surface area contributed by atoms with Gasteiger partial charge in [0.05, 0.1) is 17.7 Å². The third kappa shape index (κ3) is 5.39. The summed E-state index contributed by atoms with van der Waals surface area (Å²) in [6, 6.07) is 9.39. The second-order valence-corrected chi connectivity index (χ2v) is 9.39. The Morgan fingerprint density at radius 3 is 2.52 bits per heavy atom. The molecule has 10 heteroatoms. The molecule has 2 aromatic carbocycles. The summed E-state index contributed by atoms with van der Waals surface area (Å²) >= 11 is 12.0. The van der Waals surface area contributed by atoms with Crippen molar-refractivity contribution in [3.05, 3.63) is 52.0 Å². The highest BCUT2D eigenvalue weighted by atomic mass is 35.5. The Hall–Kier alpha value is -1.86. The standard InChI is InChI=1S/C19H19Cl2N3O4S/c20-12-6-13(21)8-15(7-12)28-18-4-1-11(10-22)5-19(18)29(26,27)24-17-9-14(25)2-3-16(17)23/h1,4-8,14,16-17,24-25H,2-3,9,23H2/t14?,16-,17+/m0/s1. The van der Waals surface area contributed by atoms with Crippen molar-refractivity contribution in [3.8, 4) is 17.6 Å². The van der Waals surface area contributed by atoms with Gasteiger partial charge in [-0.2, -0.15) is 5.26 Å². The van der Waals surface area contributed by atoms with E-state index in [1.807, 2.05) is 6.07 Å². The number of halogens is 2. The first kappa shape index (κ1) is 21.8. The monoisotopic (exact) mass is 455 g/mol. The fourth-order valence-electron chi connectivity index (χ4n) is 3.16. The molecule has 0 bridgehead atoms. The topological polar surface area (TPSA) is 125 Å². The average Bonchev–Trinajstić information content (AvgIpc) is 2.64. The summed E-state index contributed by atoms with van der Waals surface area (Å²) in [5.41, 5.74) is 6.17. The van der Waals surface area contributed by atoms with Gasteiger partial charge in [0.2, 0.25) is 10.0 Å². The van der Waals surface area contributed by atoms with Crippen LogP contribution in [0.5, 0.6) is 11.5 Å². The van der Waals surface area contributed by atoms with Crippen molar-refractivity contribution in [1.29, 1.82) is 5.26 Å². The van der Waals surface area contributed by atoms with Crippen LogP contribution in [0, 0.1) is 11.3 Å². The van der Waals surface area contributed by atoms with Crippen LogP contribution in [-0.4, -0.2) is 31.7 Å². The summed E-state index contributed by atoms with van der Waals surface area (Å²) < 4.78 is 34.4. The van der Waals surface area contributed by atoms with E-state index in [9.17, 15) is 18.8 Å². The molecule has 3 rings (SSSR count). The smallest absolute Gasteiger partial charge is 0.244 e. The lowest BCUT2D eigenvalue weighted by Gasteiger charge is -2.32. The molecule has 1 aliphatic carbocycles. The number of hydrogen-bond acceptors (Lipinski definition) is 6. The number of nitriles is 1. The van der Waals surface area contributed by atoms with E-state index in [1.165, 1.54) is 36.4 Å². The van der Waals surface area contributed by atoms with E-state index in [-0.39, 0.29) is 28.4 Å². The zero-order valence-electron chi connectivity index (χ0n) is 15.2. The minimum absolute atomic E-state index is 0.000220. The van der Waals surface area contributed by atoms with Gasteiger partial charge in [0.15, 0.2) is 0 Å². The largest absolute Gasteiger partial charge is 0.456 e. The fourth-order valence-corrected chi connectivity index (χ4v) is 5.12. The first-order chi connectivity index (χ1) is 13.7. The second-order valence-electron chi connectivity index (χ2n) is 6.84. The normalized spacial score (nSPS) is 22.1. The van der Waals surface area contributed by atoms with Gasteiger partial charge in [-0.1, -0.05) is 23.2 Å². The van der Waals surface area contributed by atoms with Crippen LogP contribution in [0.15, 0.2) is 41.3 Å². The molecule has 0 amide bonds. The van der Waals surface area contributed by atoms with Crippen molar-refractivity contribution >= 4 is 33.2 Å². The molecule has 1 aliphatic rings. The van der Waals surface area contributed by atoms with Crippen molar-refractivity contribution in [2.45, 2.75) is 42.3 Å². The molecule has 0 heterocycles. The highest BCUT2D eigenvalue weighted by molar-refractivity contribution is 7.89. The number of nitrogens with zero attached hydrogens (tertiary/aromatic N) is 1. The number of ether oxygens (including phenoxy) is 1. The summed E-state index contributed by atoms with van der Waals surface area (Å²) in [6.45, 7) is 0. The molecular formula is C19H19Cl2N3O4S. The van der Waals surface area contributed by atoms with Crippen molar-refractivity contribution in [2.24, 2.45) is 5.73 Å². The van der Waals surface area contributed by atoms with Crippen molar-refractivity contribution in [2.75, 3.05) is 0 Å². The van der Waals surface area contributed by atoms with Gasteiger partial charge in [0, 0.05) is 22.1 Å². The van der Waals surface area contributed by atoms with Crippen LogP contribution in [0.3, 0.4) is 0 Å². The Bertz CT molecular complexity index is 1040. The summed E-state index contributed by atoms with van der Waals surface area (Å²) in [5.74, 6) is 0.244. The number of benzene rings is 2. The van der Waals surface area contributed by atoms with Crippen LogP contribution in [0.25, 0.3) is 0 Å². The van der Waals surface area contributed by atoms with E-state index in [0.717, 1.165) is 0 Å². The van der Waals surface area contributed by atoms with Crippen molar-refractivity contribution in [3.63, 3.8) is 0 Å². The zero-order chi connectivity index (χ0) is 21.2. The molecule has 1 unspecified atom stereocenters. The van der Waals surface area contributed by atoms with Crippen LogP contribution >= 0.6 is 23.2 Å². The maximum Gasteiger partial charge on any atom is 0.244 e. The molecule has 29 heavy (non-hydrogen) atoms. The second kappa shape index (κ2) is 8.88. The summed E-state index contributed by atoms with van der Waals surface area (Å²) in [6.07, 6.45) is 0.597. The van der Waals surface area contributed by atoms with E-state index in [4.69, 9.17) is 33.7 Å². The predicted octanol–water partition coefficient (Wildman–Crippen LogP) is 3.18. The average molecular weight is 456 g/mol. The Balaban J connectivity index is 1.97. The number of nitrogens with one attached hydrogen (secondary N) is 1. The van der Waals surface area contributed by atoms with Gasteiger partial charge < -0.3 is 15.6 Å². The minimum atomic E-state index is -4.10. The van der Waals surface area contributed by atoms with Gasteiger partial charge in [0.1, 0.15) is 16.4 Å². The maximum absolute atomic E-state index is 13.1. The lowest BCUT2D eigenvalue weighted by Crippen LogP contribution is -2.52. The van der Waals surface area contributed by atoms with Gasteiger partial charge in [0.25, 0.3) is 0 Å². The van der Waals surface area contributed by atoms with Crippen LogP contribution in [0.2, 0.25) is 10.0 Å². The quantitative estimate of drug-likeness (QED) is 0.635. The van der Waals surface area contributed by atoms with Gasteiger partial charge in [-0.15, -0.1) is 0 Å². The molecule has 1 fully saturated rings. The molecule has 0 saturated heterocycles. The van der Waals surface area contributed by atoms with Gasteiger partial charge in [-0.05, 0) is 55.7 Å². The van der Waals surface area contributed by atoms with E-state index >= 15 is 0 Å². The third-order valence-electron chi connectivity index (χ3n) is 4.61. The first-order valence-corrected chi connectivity index (χ1v) is 11.1. The molecule has 0 spiro atoms. The number of nitrogens with two attached hydrogens (primary N) is 1. The van der Waals surface area contributed by atoms with Crippen molar-refractivity contribution in [1.82, 2.24) is 4.72 Å². The summed E-state index contributed by atoms with van der Waals surface area (Å²) in [5, 5.41) is 19.7. The first-order valence-electron chi connectivity index (χ1n) is 8.82. The van der Waals surface area contributed by atoms with Crippen LogP contribution in [-0.2, 0) is 10.0 Å². The third-order valence-corrected chi connectivity index (χ3v) is 6.56. The summed E-state index contributed by atoms with van der Waals surface area (Å²) in [4.78, 5) is -0.222. The Morgan fingerprint density at radius 2 is 1.86 bits per heavy atom. The maximum atomic E-state index is 13.1. The lowest BCUT2D eigenvalue weighted by atomic mass is 9.90. The lowest BCUT2D eigenvalue weighted by molar-refractivity contribution is 0.108. The van der Waals surface area contributed by atoms with Gasteiger partial charge >= 0.3 is 0 Å². The van der Waals surface area contributed by atoms with Crippen LogP contribution < -0.4 is 15.2 Å². The van der Waals surface area contributed by atoms with E-state index in [2.05, 4.69) is 4.72 Å². The number of hydrogen-bond donors (Lipinski definition) is 3. The molecule has 0 radical (unpaired) electrons. The molecular weight excluding hydrogens is 437 g/mol. The van der Waals surface area contributed by atoms with E-state index in [1.54, 1.807) is 0 Å². The molecule has 1 saturated carbocycles. The molecule has 3 atom stereocenters. The van der Waals surface area contributed by atoms with Crippen LogP contribution in [0.1, 0.15) is 24.8 Å². The zero-order valence-corrected chi connectivity index (χ0v) is 17.5. The van der Waals surface area contributed by atoms with Crippen molar-refractivity contribution < 1.29 is 18.3 Å². The minimum Gasteiger partial charge on any atom is -0.456 e. The number of aliphatic hydroxyl groups is 1. The molecule has 4 N–H and O–H groups in total. The highest BCUT2D eigenvalue weighted by Crippen LogP contribution is 2.33. The number of rotatable bonds is 5. The molecule has 2 aromatic rings. The molecule has 0 aliphatic heterocycles.